The summed E-state index contributed by atoms with van der Waals surface area (Å²) in [5.41, 5.74) is 3.22. The maximum absolute atomic E-state index is 11.4. The number of hydrogen-bond acceptors (Lipinski definition) is 2. The molecule has 0 heterocycles. The van der Waals surface area contributed by atoms with Crippen LogP contribution in [0.1, 0.15) is 26.3 Å². The first-order chi connectivity index (χ1) is 13.1. The number of ether oxygens (including phenoxy) is 1. The van der Waals surface area contributed by atoms with Crippen LogP contribution in [0.2, 0.25) is 0 Å². The fourth-order valence-corrected chi connectivity index (χ4v) is 3.04. The average molecular weight is 356 g/mol. The van der Waals surface area contributed by atoms with Crippen molar-refractivity contribution in [2.45, 2.75) is 20.8 Å². The molecule has 0 amide bonds. The standard InChI is InChI=1S/C25H24O2/c1-4-27-25(26)14-18(2)8-7-9-19(3)20-12-13-23-16-21-10-5-6-11-22(21)17-24(23)15-20/h5-17H,4H2,1-3H3/b8-7+,18-14+,19-9+. The highest BCUT2D eigenvalue weighted by atomic mass is 16.5. The molecule has 0 N–H and O–H groups in total. The van der Waals surface area contributed by atoms with Gasteiger partial charge in [0.1, 0.15) is 0 Å². The summed E-state index contributed by atoms with van der Waals surface area (Å²) in [6.45, 7) is 6.17. The van der Waals surface area contributed by atoms with Crippen molar-refractivity contribution in [1.29, 1.82) is 0 Å². The topological polar surface area (TPSA) is 26.3 Å². The second-order valence-electron chi connectivity index (χ2n) is 6.61. The third-order valence-electron chi connectivity index (χ3n) is 4.50. The largest absolute Gasteiger partial charge is 0.463 e. The monoisotopic (exact) mass is 356 g/mol. The summed E-state index contributed by atoms with van der Waals surface area (Å²) in [4.78, 5) is 11.4. The van der Waals surface area contributed by atoms with E-state index >= 15 is 0 Å². The predicted molar refractivity (Wildman–Crippen MR) is 115 cm³/mol. The first-order valence-electron chi connectivity index (χ1n) is 9.20. The molecular weight excluding hydrogens is 332 g/mol. The quantitative estimate of drug-likeness (QED) is 0.227. The molecule has 2 heteroatoms. The lowest BCUT2D eigenvalue weighted by Gasteiger charge is -2.06. The van der Waals surface area contributed by atoms with E-state index in [1.54, 1.807) is 6.92 Å². The Morgan fingerprint density at radius 2 is 1.59 bits per heavy atom. The van der Waals surface area contributed by atoms with Crippen LogP contribution in [0, 0.1) is 0 Å². The van der Waals surface area contributed by atoms with Gasteiger partial charge in [0.15, 0.2) is 0 Å². The van der Waals surface area contributed by atoms with Crippen molar-refractivity contribution < 1.29 is 9.53 Å². The van der Waals surface area contributed by atoms with Gasteiger partial charge in [0.05, 0.1) is 6.61 Å². The minimum atomic E-state index is -0.304. The van der Waals surface area contributed by atoms with E-state index in [4.69, 9.17) is 4.74 Å². The highest BCUT2D eigenvalue weighted by Gasteiger charge is 2.01. The second-order valence-corrected chi connectivity index (χ2v) is 6.61. The molecule has 0 radical (unpaired) electrons. The summed E-state index contributed by atoms with van der Waals surface area (Å²) in [6, 6.07) is 19.4. The van der Waals surface area contributed by atoms with E-state index in [9.17, 15) is 4.79 Å². The molecule has 3 rings (SSSR count). The molecule has 0 spiro atoms. The summed E-state index contributed by atoms with van der Waals surface area (Å²) in [5, 5.41) is 5.00. The number of carbonyl (C=O) groups is 1. The molecule has 0 fully saturated rings. The smallest absolute Gasteiger partial charge is 0.330 e. The number of rotatable bonds is 5. The Bertz CT molecular complexity index is 1070. The molecule has 0 aliphatic heterocycles. The average Bonchev–Trinajstić information content (AvgIpc) is 2.65. The normalized spacial score (nSPS) is 12.9. The van der Waals surface area contributed by atoms with Gasteiger partial charge >= 0.3 is 5.97 Å². The van der Waals surface area contributed by atoms with Crippen LogP contribution in [0.25, 0.3) is 27.1 Å². The van der Waals surface area contributed by atoms with E-state index in [1.807, 2.05) is 19.1 Å². The number of hydrogen-bond donors (Lipinski definition) is 0. The van der Waals surface area contributed by atoms with E-state index in [2.05, 4.69) is 67.6 Å². The van der Waals surface area contributed by atoms with Crippen molar-refractivity contribution in [2.24, 2.45) is 0 Å². The molecule has 0 aliphatic carbocycles. The van der Waals surface area contributed by atoms with Crippen molar-refractivity contribution in [3.63, 3.8) is 0 Å². The number of carbonyl (C=O) groups excluding carboxylic acids is 1. The molecule has 0 bridgehead atoms. The molecular formula is C25H24O2. The lowest BCUT2D eigenvalue weighted by molar-refractivity contribution is -0.137. The van der Waals surface area contributed by atoms with Gasteiger partial charge < -0.3 is 4.74 Å². The molecule has 3 aromatic carbocycles. The van der Waals surface area contributed by atoms with Crippen LogP contribution in [0.4, 0.5) is 0 Å². The van der Waals surface area contributed by atoms with Gasteiger partial charge in [-0.15, -0.1) is 0 Å². The molecule has 0 unspecified atom stereocenters. The van der Waals surface area contributed by atoms with Gasteiger partial charge in [-0.25, -0.2) is 4.79 Å². The Hall–Kier alpha value is -3.13. The van der Waals surface area contributed by atoms with Gasteiger partial charge in [-0.2, -0.15) is 0 Å². The van der Waals surface area contributed by atoms with Crippen molar-refractivity contribution in [3.8, 4) is 0 Å². The summed E-state index contributed by atoms with van der Waals surface area (Å²) in [5.74, 6) is -0.304. The van der Waals surface area contributed by atoms with Crippen LogP contribution in [0.15, 0.2) is 84.5 Å². The molecule has 0 saturated carbocycles. The first-order valence-corrected chi connectivity index (χ1v) is 9.20. The Labute approximate surface area is 160 Å². The fraction of sp³-hybridized carbons (Fsp3) is 0.160. The lowest BCUT2D eigenvalue weighted by Crippen LogP contribution is -1.99. The Kier molecular flexibility index (Phi) is 5.87. The molecule has 27 heavy (non-hydrogen) atoms. The van der Waals surface area contributed by atoms with Crippen molar-refractivity contribution in [3.05, 3.63) is 90.0 Å². The number of fused-ring (bicyclic) bond motifs is 2. The third-order valence-corrected chi connectivity index (χ3v) is 4.50. The highest BCUT2D eigenvalue weighted by Crippen LogP contribution is 2.26. The van der Waals surface area contributed by atoms with E-state index in [0.717, 1.165) is 5.57 Å². The minimum Gasteiger partial charge on any atom is -0.463 e. The highest BCUT2D eigenvalue weighted by molar-refractivity contribution is 5.99. The van der Waals surface area contributed by atoms with Gasteiger partial charge in [-0.3, -0.25) is 0 Å². The van der Waals surface area contributed by atoms with Crippen molar-refractivity contribution >= 4 is 33.1 Å². The zero-order chi connectivity index (χ0) is 19.2. The van der Waals surface area contributed by atoms with E-state index in [0.29, 0.717) is 6.61 Å². The molecule has 136 valence electrons. The predicted octanol–water partition coefficient (Wildman–Crippen LogP) is 6.46. The summed E-state index contributed by atoms with van der Waals surface area (Å²) in [7, 11) is 0. The summed E-state index contributed by atoms with van der Waals surface area (Å²) < 4.78 is 4.92. The molecule has 2 nitrogen and oxygen atoms in total. The Morgan fingerprint density at radius 3 is 2.30 bits per heavy atom. The van der Waals surface area contributed by atoms with E-state index in [-0.39, 0.29) is 5.97 Å². The van der Waals surface area contributed by atoms with Gasteiger partial charge in [0, 0.05) is 6.08 Å². The fourth-order valence-electron chi connectivity index (χ4n) is 3.04. The molecule has 0 aromatic heterocycles. The van der Waals surface area contributed by atoms with Crippen molar-refractivity contribution in [2.75, 3.05) is 6.61 Å². The third kappa shape index (κ3) is 4.73. The van der Waals surface area contributed by atoms with Gasteiger partial charge in [-0.1, -0.05) is 54.6 Å². The second kappa shape index (κ2) is 8.50. The number of esters is 1. The van der Waals surface area contributed by atoms with Crippen LogP contribution >= 0.6 is 0 Å². The maximum atomic E-state index is 11.4. The van der Waals surface area contributed by atoms with Gasteiger partial charge in [-0.05, 0) is 77.2 Å². The zero-order valence-electron chi connectivity index (χ0n) is 16.0. The SMILES string of the molecule is CCOC(=O)/C=C(C)/C=C/C=C(\C)c1ccc2cc3ccccc3cc2c1. The Balaban J connectivity index is 1.83. The number of allylic oxidation sites excluding steroid dienone is 5. The van der Waals surface area contributed by atoms with Crippen LogP contribution < -0.4 is 0 Å². The molecule has 0 saturated heterocycles. The van der Waals surface area contributed by atoms with Crippen LogP contribution in [-0.4, -0.2) is 12.6 Å². The Morgan fingerprint density at radius 1 is 0.926 bits per heavy atom. The van der Waals surface area contributed by atoms with Crippen molar-refractivity contribution in [1.82, 2.24) is 0 Å². The minimum absolute atomic E-state index is 0.304. The van der Waals surface area contributed by atoms with Gasteiger partial charge in [0.25, 0.3) is 0 Å². The van der Waals surface area contributed by atoms with Crippen LogP contribution in [-0.2, 0) is 9.53 Å². The van der Waals surface area contributed by atoms with Gasteiger partial charge in [0.2, 0.25) is 0 Å². The lowest BCUT2D eigenvalue weighted by atomic mass is 9.99. The maximum Gasteiger partial charge on any atom is 0.330 e. The molecule has 3 aromatic rings. The molecule has 0 aliphatic rings. The van der Waals surface area contributed by atoms with E-state index < -0.39 is 0 Å². The van der Waals surface area contributed by atoms with E-state index in [1.165, 1.54) is 38.8 Å². The zero-order valence-corrected chi connectivity index (χ0v) is 16.0. The summed E-state index contributed by atoms with van der Waals surface area (Å²) in [6.07, 6.45) is 7.44. The van der Waals surface area contributed by atoms with Crippen LogP contribution in [0.5, 0.6) is 0 Å². The van der Waals surface area contributed by atoms with Crippen LogP contribution in [0.3, 0.4) is 0 Å². The molecule has 0 atom stereocenters. The number of benzene rings is 3. The summed E-state index contributed by atoms with van der Waals surface area (Å²) >= 11 is 0. The first kappa shape index (κ1) is 18.7.